The fraction of sp³-hybridized carbons (Fsp3) is 0.286. The molecule has 1 aliphatic rings. The summed E-state index contributed by atoms with van der Waals surface area (Å²) in [6.07, 6.45) is 0.683. The number of methoxy groups -OCH3 is 1. The summed E-state index contributed by atoms with van der Waals surface area (Å²) in [5, 5.41) is 0. The molecule has 0 bridgehead atoms. The molecule has 5 nitrogen and oxygen atoms in total. The zero-order chi connectivity index (χ0) is 13.2. The SMILES string of the molecule is COc1ccc(-c2nc3c(c(=O)[nH]2)COCC3)cc1. The summed E-state index contributed by atoms with van der Waals surface area (Å²) in [5.41, 5.74) is 2.23. The maximum Gasteiger partial charge on any atom is 0.256 e. The van der Waals surface area contributed by atoms with Gasteiger partial charge in [-0.2, -0.15) is 0 Å². The molecule has 2 aromatic rings. The molecular formula is C14H14N2O3. The molecular weight excluding hydrogens is 244 g/mol. The molecule has 0 saturated heterocycles. The summed E-state index contributed by atoms with van der Waals surface area (Å²) in [5.74, 6) is 1.37. The average molecular weight is 258 g/mol. The predicted molar refractivity (Wildman–Crippen MR) is 70.2 cm³/mol. The number of hydrogen-bond acceptors (Lipinski definition) is 4. The summed E-state index contributed by atoms with van der Waals surface area (Å²) >= 11 is 0. The van der Waals surface area contributed by atoms with Crippen molar-refractivity contribution in [2.75, 3.05) is 13.7 Å². The van der Waals surface area contributed by atoms with Crippen molar-refractivity contribution in [1.82, 2.24) is 9.97 Å². The number of nitrogens with one attached hydrogen (secondary N) is 1. The molecule has 98 valence electrons. The molecule has 1 aliphatic heterocycles. The zero-order valence-corrected chi connectivity index (χ0v) is 10.6. The van der Waals surface area contributed by atoms with Crippen LogP contribution in [0.5, 0.6) is 5.75 Å². The second kappa shape index (κ2) is 4.85. The van der Waals surface area contributed by atoms with Gasteiger partial charge in [0.2, 0.25) is 0 Å². The van der Waals surface area contributed by atoms with E-state index in [1.54, 1.807) is 7.11 Å². The number of nitrogens with zero attached hydrogens (tertiary/aromatic N) is 1. The molecule has 0 atom stereocenters. The molecule has 5 heteroatoms. The van der Waals surface area contributed by atoms with Crippen LogP contribution < -0.4 is 10.3 Å². The lowest BCUT2D eigenvalue weighted by atomic mass is 10.1. The normalized spacial score (nSPS) is 13.9. The van der Waals surface area contributed by atoms with Crippen molar-refractivity contribution in [3.05, 3.63) is 45.9 Å². The van der Waals surface area contributed by atoms with Crippen molar-refractivity contribution >= 4 is 0 Å². The van der Waals surface area contributed by atoms with Gasteiger partial charge in [0, 0.05) is 12.0 Å². The number of rotatable bonds is 2. The van der Waals surface area contributed by atoms with Crippen molar-refractivity contribution in [1.29, 1.82) is 0 Å². The third-order valence-corrected chi connectivity index (χ3v) is 3.19. The Morgan fingerprint density at radius 1 is 1.32 bits per heavy atom. The predicted octanol–water partition coefficient (Wildman–Crippen LogP) is 1.52. The molecule has 0 aliphatic carbocycles. The minimum atomic E-state index is -0.115. The van der Waals surface area contributed by atoms with Crippen LogP contribution in [0.1, 0.15) is 11.3 Å². The minimum Gasteiger partial charge on any atom is -0.497 e. The highest BCUT2D eigenvalue weighted by Crippen LogP contribution is 2.20. The lowest BCUT2D eigenvalue weighted by Gasteiger charge is -2.15. The van der Waals surface area contributed by atoms with Crippen molar-refractivity contribution in [2.24, 2.45) is 0 Å². The first kappa shape index (κ1) is 11.9. The standard InChI is InChI=1S/C14H14N2O3/c1-18-10-4-2-9(3-5-10)13-15-12-6-7-19-8-11(12)14(17)16-13/h2-5H,6-8H2,1H3,(H,15,16,17). The molecule has 0 fully saturated rings. The number of ether oxygens (including phenoxy) is 2. The van der Waals surface area contributed by atoms with Gasteiger partial charge in [-0.05, 0) is 24.3 Å². The van der Waals surface area contributed by atoms with Gasteiger partial charge in [-0.1, -0.05) is 0 Å². The van der Waals surface area contributed by atoms with E-state index in [0.29, 0.717) is 31.0 Å². The lowest BCUT2D eigenvalue weighted by Crippen LogP contribution is -2.24. The Balaban J connectivity index is 2.05. The maximum atomic E-state index is 12.0. The van der Waals surface area contributed by atoms with Crippen LogP contribution in [0.4, 0.5) is 0 Å². The second-order valence-corrected chi connectivity index (χ2v) is 4.37. The number of benzene rings is 1. The van der Waals surface area contributed by atoms with Gasteiger partial charge in [-0.3, -0.25) is 4.79 Å². The number of fused-ring (bicyclic) bond motifs is 1. The van der Waals surface area contributed by atoms with E-state index in [2.05, 4.69) is 9.97 Å². The maximum absolute atomic E-state index is 12.0. The number of aromatic nitrogens is 2. The summed E-state index contributed by atoms with van der Waals surface area (Å²) < 4.78 is 10.4. The average Bonchev–Trinajstić information content (AvgIpc) is 2.47. The van der Waals surface area contributed by atoms with E-state index < -0.39 is 0 Å². The van der Waals surface area contributed by atoms with Crippen molar-refractivity contribution in [3.8, 4) is 17.1 Å². The number of aromatic amines is 1. The summed E-state index contributed by atoms with van der Waals surface area (Å²) in [6.45, 7) is 0.964. The van der Waals surface area contributed by atoms with E-state index in [1.807, 2.05) is 24.3 Å². The molecule has 1 aromatic carbocycles. The van der Waals surface area contributed by atoms with Crippen LogP contribution in [0, 0.1) is 0 Å². The van der Waals surface area contributed by atoms with Gasteiger partial charge in [0.15, 0.2) is 0 Å². The van der Waals surface area contributed by atoms with E-state index in [9.17, 15) is 4.79 Å². The Hall–Kier alpha value is -2.14. The molecule has 0 amide bonds. The molecule has 1 aromatic heterocycles. The smallest absolute Gasteiger partial charge is 0.256 e. The van der Waals surface area contributed by atoms with Gasteiger partial charge < -0.3 is 14.5 Å². The van der Waals surface area contributed by atoms with Crippen LogP contribution in [-0.4, -0.2) is 23.7 Å². The van der Waals surface area contributed by atoms with Crippen molar-refractivity contribution in [3.63, 3.8) is 0 Å². The van der Waals surface area contributed by atoms with Crippen LogP contribution in [0.15, 0.2) is 29.1 Å². The van der Waals surface area contributed by atoms with Crippen LogP contribution in [-0.2, 0) is 17.8 Å². The highest BCUT2D eigenvalue weighted by atomic mass is 16.5. The molecule has 0 spiro atoms. The monoisotopic (exact) mass is 258 g/mol. The second-order valence-electron chi connectivity index (χ2n) is 4.37. The Kier molecular flexibility index (Phi) is 3.05. The fourth-order valence-electron chi connectivity index (χ4n) is 2.13. The fourth-order valence-corrected chi connectivity index (χ4v) is 2.13. The van der Waals surface area contributed by atoms with Gasteiger partial charge in [-0.25, -0.2) is 4.98 Å². The van der Waals surface area contributed by atoms with Gasteiger partial charge in [0.1, 0.15) is 11.6 Å². The highest BCUT2D eigenvalue weighted by molar-refractivity contribution is 5.56. The summed E-state index contributed by atoms with van der Waals surface area (Å²) in [7, 11) is 1.62. The summed E-state index contributed by atoms with van der Waals surface area (Å²) in [4.78, 5) is 19.3. The van der Waals surface area contributed by atoms with Crippen LogP contribution >= 0.6 is 0 Å². The van der Waals surface area contributed by atoms with Gasteiger partial charge >= 0.3 is 0 Å². The van der Waals surface area contributed by atoms with Crippen LogP contribution in [0.2, 0.25) is 0 Å². The lowest BCUT2D eigenvalue weighted by molar-refractivity contribution is 0.108. The van der Waals surface area contributed by atoms with E-state index in [4.69, 9.17) is 9.47 Å². The Labute approximate surface area is 110 Å². The van der Waals surface area contributed by atoms with E-state index in [0.717, 1.165) is 17.0 Å². The first-order valence-corrected chi connectivity index (χ1v) is 6.12. The molecule has 3 rings (SSSR count). The van der Waals surface area contributed by atoms with E-state index in [1.165, 1.54) is 0 Å². The van der Waals surface area contributed by atoms with E-state index >= 15 is 0 Å². The topological polar surface area (TPSA) is 64.2 Å². The zero-order valence-electron chi connectivity index (χ0n) is 10.6. The molecule has 1 N–H and O–H groups in total. The Morgan fingerprint density at radius 2 is 2.11 bits per heavy atom. The van der Waals surface area contributed by atoms with Gasteiger partial charge in [0.05, 0.1) is 31.6 Å². The largest absolute Gasteiger partial charge is 0.497 e. The molecule has 0 unspecified atom stereocenters. The van der Waals surface area contributed by atoms with E-state index in [-0.39, 0.29) is 5.56 Å². The highest BCUT2D eigenvalue weighted by Gasteiger charge is 2.16. The molecule has 0 radical (unpaired) electrons. The molecule has 19 heavy (non-hydrogen) atoms. The van der Waals surface area contributed by atoms with Gasteiger partial charge in [0.25, 0.3) is 5.56 Å². The minimum absolute atomic E-state index is 0.115. The van der Waals surface area contributed by atoms with Crippen LogP contribution in [0.3, 0.4) is 0 Å². The third-order valence-electron chi connectivity index (χ3n) is 3.19. The quantitative estimate of drug-likeness (QED) is 0.887. The van der Waals surface area contributed by atoms with Crippen molar-refractivity contribution in [2.45, 2.75) is 13.0 Å². The Morgan fingerprint density at radius 3 is 2.84 bits per heavy atom. The molecule has 0 saturated carbocycles. The summed E-state index contributed by atoms with van der Waals surface area (Å²) in [6, 6.07) is 7.45. The molecule has 2 heterocycles. The van der Waals surface area contributed by atoms with Crippen LogP contribution in [0.25, 0.3) is 11.4 Å². The Bertz CT molecular complexity index is 647. The first-order valence-electron chi connectivity index (χ1n) is 6.12. The number of hydrogen-bond donors (Lipinski definition) is 1. The third kappa shape index (κ3) is 2.24. The van der Waals surface area contributed by atoms with Gasteiger partial charge in [-0.15, -0.1) is 0 Å². The first-order chi connectivity index (χ1) is 9.28. The number of H-pyrrole nitrogens is 1. The van der Waals surface area contributed by atoms with Crippen molar-refractivity contribution < 1.29 is 9.47 Å².